The third-order valence-corrected chi connectivity index (χ3v) is 4.74. The van der Waals surface area contributed by atoms with E-state index in [2.05, 4.69) is 21.5 Å². The highest BCUT2D eigenvalue weighted by Crippen LogP contribution is 2.32. The Morgan fingerprint density at radius 2 is 2.17 bits per heavy atom. The summed E-state index contributed by atoms with van der Waals surface area (Å²) in [6, 6.07) is 6.91. The number of carbonyl (C=O) groups excluding carboxylic acids is 1. The number of amides is 2. The first-order valence-electron chi connectivity index (χ1n) is 7.28. The average molecular weight is 362 g/mol. The lowest BCUT2D eigenvalue weighted by atomic mass is 9.77. The molecule has 0 saturated carbocycles. The predicted octanol–water partition coefficient (Wildman–Crippen LogP) is 1.11. The molecule has 3 N–H and O–H groups in total. The van der Waals surface area contributed by atoms with Gasteiger partial charge in [-0.15, -0.1) is 17.8 Å². The molecule has 1 aromatic heterocycles. The number of hydrogen-bond acceptors (Lipinski definition) is 4. The van der Waals surface area contributed by atoms with Crippen molar-refractivity contribution in [2.45, 2.75) is 12.3 Å². The summed E-state index contributed by atoms with van der Waals surface area (Å²) in [6.45, 7) is 1.96. The number of carbonyl (C=O) groups is 1. The van der Waals surface area contributed by atoms with E-state index in [9.17, 15) is 4.79 Å². The van der Waals surface area contributed by atoms with E-state index in [-0.39, 0.29) is 13.2 Å². The number of nitrogens with one attached hydrogen (secondary N) is 2. The number of thiazole rings is 1. The summed E-state index contributed by atoms with van der Waals surface area (Å²) < 4.78 is 0.919. The average Bonchev–Trinajstić information content (AvgIpc) is 2.93. The van der Waals surface area contributed by atoms with E-state index >= 15 is 0 Å². The van der Waals surface area contributed by atoms with Gasteiger partial charge < -0.3 is 10.4 Å². The van der Waals surface area contributed by atoms with Gasteiger partial charge in [0.25, 0.3) is 0 Å². The number of nitrogens with zero attached hydrogens (tertiary/aromatic N) is 1. The number of anilines is 1. The van der Waals surface area contributed by atoms with Gasteiger partial charge in [0.05, 0.1) is 17.7 Å². The summed E-state index contributed by atoms with van der Waals surface area (Å²) in [5, 5.41) is 15.0. The van der Waals surface area contributed by atoms with Crippen LogP contribution < -0.4 is 15.4 Å². The van der Waals surface area contributed by atoms with Crippen molar-refractivity contribution in [3.05, 3.63) is 40.5 Å². The molecular weight excluding hydrogens is 345 g/mol. The molecule has 0 aliphatic carbocycles. The van der Waals surface area contributed by atoms with Gasteiger partial charge in [-0.3, -0.25) is 5.32 Å². The molecule has 0 bridgehead atoms. The maximum Gasteiger partial charge on any atom is 0.321 e. The Kier molecular flexibility index (Phi) is 5.89. The topological polar surface area (TPSA) is 74.2 Å². The van der Waals surface area contributed by atoms with Gasteiger partial charge in [-0.2, -0.15) is 0 Å². The van der Waals surface area contributed by atoms with Crippen molar-refractivity contribution in [3.8, 4) is 12.3 Å². The monoisotopic (exact) mass is 361 g/mol. The molecule has 0 aliphatic heterocycles. The Bertz CT molecular complexity index is 773. The number of aliphatic hydroxyl groups is 1. The normalized spacial score (nSPS) is 12.9. The molecule has 1 aromatic carbocycles. The van der Waals surface area contributed by atoms with Gasteiger partial charge in [-0.1, -0.05) is 29.7 Å². The third kappa shape index (κ3) is 3.90. The fourth-order valence-electron chi connectivity index (χ4n) is 2.30. The molecule has 0 radical (unpaired) electrons. The molecular formula is C16H17BClN3O2S. The summed E-state index contributed by atoms with van der Waals surface area (Å²) in [5.41, 5.74) is 0.890. The smallest absolute Gasteiger partial charge is 0.321 e. The van der Waals surface area contributed by atoms with E-state index in [4.69, 9.17) is 23.1 Å². The Labute approximate surface area is 150 Å². The summed E-state index contributed by atoms with van der Waals surface area (Å²) in [4.78, 5) is 16.2. The van der Waals surface area contributed by atoms with Gasteiger partial charge in [0, 0.05) is 11.6 Å². The first-order chi connectivity index (χ1) is 11.4. The molecule has 8 heteroatoms. The van der Waals surface area contributed by atoms with Crippen molar-refractivity contribution >= 4 is 46.7 Å². The molecule has 0 saturated heterocycles. The number of halogens is 1. The Balaban J connectivity index is 2.31. The molecule has 5 nitrogen and oxygen atoms in total. The van der Waals surface area contributed by atoms with Crippen molar-refractivity contribution in [1.82, 2.24) is 10.3 Å². The Morgan fingerprint density at radius 1 is 1.50 bits per heavy atom. The molecule has 0 aliphatic rings. The second kappa shape index (κ2) is 7.71. The van der Waals surface area contributed by atoms with Crippen molar-refractivity contribution in [3.63, 3.8) is 0 Å². The van der Waals surface area contributed by atoms with E-state index in [1.54, 1.807) is 12.1 Å². The number of aromatic nitrogens is 1. The quantitative estimate of drug-likeness (QED) is 0.552. The Morgan fingerprint density at radius 3 is 2.75 bits per heavy atom. The van der Waals surface area contributed by atoms with Crippen LogP contribution in [0.3, 0.4) is 0 Å². The van der Waals surface area contributed by atoms with Crippen LogP contribution in [0.5, 0.6) is 0 Å². The van der Waals surface area contributed by atoms with Crippen LogP contribution in [0, 0.1) is 12.3 Å². The van der Waals surface area contributed by atoms with Crippen molar-refractivity contribution < 1.29 is 9.90 Å². The van der Waals surface area contributed by atoms with Crippen molar-refractivity contribution in [2.75, 3.05) is 18.5 Å². The number of terminal acetylenes is 1. The highest BCUT2D eigenvalue weighted by atomic mass is 35.5. The Hall–Kier alpha value is -2.01. The van der Waals surface area contributed by atoms with E-state index in [0.29, 0.717) is 10.2 Å². The van der Waals surface area contributed by atoms with Crippen LogP contribution in [0.4, 0.5) is 9.93 Å². The minimum atomic E-state index is -0.729. The maximum atomic E-state index is 11.7. The van der Waals surface area contributed by atoms with Crippen LogP contribution in [0.25, 0.3) is 0 Å². The van der Waals surface area contributed by atoms with Crippen molar-refractivity contribution in [1.29, 1.82) is 0 Å². The molecule has 2 aromatic rings. The van der Waals surface area contributed by atoms with Gasteiger partial charge >= 0.3 is 6.03 Å². The summed E-state index contributed by atoms with van der Waals surface area (Å²) in [6.07, 6.45) is 5.81. The number of urea groups is 1. The molecule has 2 amide bonds. The van der Waals surface area contributed by atoms with Crippen LogP contribution in [-0.4, -0.2) is 37.1 Å². The van der Waals surface area contributed by atoms with Gasteiger partial charge in [0.15, 0.2) is 13.0 Å². The predicted molar refractivity (Wildman–Crippen MR) is 101 cm³/mol. The van der Waals surface area contributed by atoms with Crippen LogP contribution in [0.15, 0.2) is 24.3 Å². The van der Waals surface area contributed by atoms with Gasteiger partial charge in [0.1, 0.15) is 0 Å². The highest BCUT2D eigenvalue weighted by Gasteiger charge is 2.31. The molecule has 0 fully saturated rings. The van der Waals surface area contributed by atoms with Crippen LogP contribution in [-0.2, 0) is 5.41 Å². The SMILES string of the molecule is Bc1sc(NC(=O)NCCO)nc1[C@](C)(C#C)c1ccc(Cl)cc1. The highest BCUT2D eigenvalue weighted by molar-refractivity contribution is 7.23. The number of rotatable bonds is 5. The lowest BCUT2D eigenvalue weighted by Crippen LogP contribution is -2.31. The van der Waals surface area contributed by atoms with Crippen molar-refractivity contribution in [2.24, 2.45) is 0 Å². The lowest BCUT2D eigenvalue weighted by Gasteiger charge is -2.23. The van der Waals surface area contributed by atoms with Gasteiger partial charge in [-0.05, 0) is 29.4 Å². The zero-order chi connectivity index (χ0) is 17.7. The fourth-order valence-corrected chi connectivity index (χ4v) is 3.34. The molecule has 1 heterocycles. The summed E-state index contributed by atoms with van der Waals surface area (Å²) in [5.74, 6) is 2.81. The second-order valence-corrected chi connectivity index (χ2v) is 6.94. The largest absolute Gasteiger partial charge is 0.395 e. The zero-order valence-corrected chi connectivity index (χ0v) is 15.0. The molecule has 124 valence electrons. The minimum Gasteiger partial charge on any atom is -0.395 e. The first kappa shape index (κ1) is 18.3. The zero-order valence-electron chi connectivity index (χ0n) is 13.4. The van der Waals surface area contributed by atoms with Gasteiger partial charge in [0.2, 0.25) is 0 Å². The van der Waals surface area contributed by atoms with Crippen LogP contribution in [0.2, 0.25) is 5.02 Å². The number of hydrogen-bond donors (Lipinski definition) is 3. The van der Waals surface area contributed by atoms with E-state index in [1.807, 2.05) is 26.9 Å². The van der Waals surface area contributed by atoms with E-state index in [0.717, 1.165) is 16.0 Å². The second-order valence-electron chi connectivity index (χ2n) is 5.30. The molecule has 0 spiro atoms. The molecule has 2 rings (SSSR count). The van der Waals surface area contributed by atoms with Gasteiger partial charge in [-0.25, -0.2) is 9.78 Å². The van der Waals surface area contributed by atoms with Crippen LogP contribution in [0.1, 0.15) is 18.2 Å². The minimum absolute atomic E-state index is 0.124. The van der Waals surface area contributed by atoms with E-state index in [1.165, 1.54) is 11.3 Å². The van der Waals surface area contributed by atoms with E-state index < -0.39 is 11.4 Å². The van der Waals surface area contributed by atoms with Crippen LogP contribution >= 0.6 is 22.9 Å². The standard InChI is InChI=1S/C16H17BClN3O2S/c1-3-16(2,10-4-6-11(18)7-5-10)12-13(17)24-15(20-12)21-14(23)19-8-9-22/h1,4-7,22H,8-9,17H2,2H3,(H2,19,20,21,23)/t16-/m1/s1. The first-order valence-corrected chi connectivity index (χ1v) is 8.47. The third-order valence-electron chi connectivity index (χ3n) is 3.60. The summed E-state index contributed by atoms with van der Waals surface area (Å²) in [7, 11) is 1.91. The maximum absolute atomic E-state index is 11.7. The number of benzene rings is 1. The fraction of sp³-hybridized carbons (Fsp3) is 0.250. The molecule has 0 unspecified atom stereocenters. The molecule has 24 heavy (non-hydrogen) atoms. The summed E-state index contributed by atoms with van der Waals surface area (Å²) >= 11 is 7.30. The number of aliphatic hydroxyl groups excluding tert-OH is 1. The molecule has 1 atom stereocenters. The lowest BCUT2D eigenvalue weighted by molar-refractivity contribution is 0.245.